The fourth-order valence-corrected chi connectivity index (χ4v) is 3.12. The van der Waals surface area contributed by atoms with Crippen LogP contribution in [0.4, 0.5) is 0 Å². The summed E-state index contributed by atoms with van der Waals surface area (Å²) in [6.45, 7) is 2.68. The Bertz CT molecular complexity index is 987. The topological polar surface area (TPSA) is 75.5 Å². The monoisotopic (exact) mass is 352 g/mol. The number of amides is 1. The first kappa shape index (κ1) is 16.4. The van der Waals surface area contributed by atoms with E-state index in [1.165, 1.54) is 6.26 Å². The Morgan fingerprint density at radius 1 is 1.31 bits per heavy atom. The normalized spacial score (nSPS) is 13.7. The molecule has 0 unspecified atom stereocenters. The van der Waals surface area contributed by atoms with E-state index >= 15 is 0 Å². The molecule has 0 saturated heterocycles. The highest BCUT2D eigenvalue weighted by Gasteiger charge is 2.34. The number of ether oxygens (including phenoxy) is 1. The number of nitrogens with one attached hydrogen (secondary N) is 1. The van der Waals surface area contributed by atoms with Gasteiger partial charge in [0.15, 0.2) is 5.76 Å². The summed E-state index contributed by atoms with van der Waals surface area (Å²) in [4.78, 5) is 29.9. The van der Waals surface area contributed by atoms with E-state index in [9.17, 15) is 9.59 Å². The first-order chi connectivity index (χ1) is 12.7. The van der Waals surface area contributed by atoms with Gasteiger partial charge in [0.1, 0.15) is 5.75 Å². The molecular formula is C20H20N2O4. The van der Waals surface area contributed by atoms with Gasteiger partial charge in [-0.05, 0) is 44.0 Å². The van der Waals surface area contributed by atoms with Gasteiger partial charge in [0.25, 0.3) is 11.5 Å². The third-order valence-electron chi connectivity index (χ3n) is 4.54. The van der Waals surface area contributed by atoms with E-state index in [1.807, 2.05) is 31.2 Å². The molecule has 1 saturated carbocycles. The molecule has 1 N–H and O–H groups in total. The highest BCUT2D eigenvalue weighted by molar-refractivity contribution is 5.92. The maximum absolute atomic E-state index is 12.7. The van der Waals surface area contributed by atoms with E-state index < -0.39 is 0 Å². The molecule has 6 nitrogen and oxygen atoms in total. The van der Waals surface area contributed by atoms with E-state index in [1.54, 1.807) is 17.0 Å². The number of hydrogen-bond donors (Lipinski definition) is 1. The highest BCUT2D eigenvalue weighted by atomic mass is 16.5. The summed E-state index contributed by atoms with van der Waals surface area (Å²) in [5.74, 6) is 0.771. The zero-order valence-electron chi connectivity index (χ0n) is 14.5. The van der Waals surface area contributed by atoms with E-state index in [4.69, 9.17) is 9.15 Å². The molecule has 0 radical (unpaired) electrons. The summed E-state index contributed by atoms with van der Waals surface area (Å²) in [5.41, 5.74) is 1.03. The van der Waals surface area contributed by atoms with Gasteiger partial charge >= 0.3 is 0 Å². The van der Waals surface area contributed by atoms with E-state index in [0.717, 1.165) is 18.2 Å². The van der Waals surface area contributed by atoms with Gasteiger partial charge in [-0.25, -0.2) is 0 Å². The Morgan fingerprint density at radius 2 is 2.15 bits per heavy atom. The molecule has 0 bridgehead atoms. The molecule has 0 aliphatic heterocycles. The van der Waals surface area contributed by atoms with Crippen LogP contribution in [0.2, 0.25) is 0 Å². The number of nitrogens with zero attached hydrogens (tertiary/aromatic N) is 1. The number of carbonyl (C=O) groups is 1. The lowest BCUT2D eigenvalue weighted by atomic mass is 10.1. The number of pyridine rings is 1. The van der Waals surface area contributed by atoms with Gasteiger partial charge in [-0.3, -0.25) is 9.59 Å². The van der Waals surface area contributed by atoms with Crippen molar-refractivity contribution in [1.82, 2.24) is 9.88 Å². The zero-order chi connectivity index (χ0) is 18.1. The third-order valence-corrected chi connectivity index (χ3v) is 4.54. The molecule has 6 heteroatoms. The molecule has 2 aromatic heterocycles. The minimum absolute atomic E-state index is 0.164. The Balaban J connectivity index is 1.68. The molecule has 4 rings (SSSR count). The number of hydrogen-bond acceptors (Lipinski definition) is 4. The molecule has 0 atom stereocenters. The van der Waals surface area contributed by atoms with Gasteiger partial charge in [0, 0.05) is 17.0 Å². The molecule has 26 heavy (non-hydrogen) atoms. The fourth-order valence-electron chi connectivity index (χ4n) is 3.12. The SMILES string of the molecule is CCOc1cccc2cc(CN(C(=O)c3ccco3)C3CC3)c(=O)[nH]c12. The van der Waals surface area contributed by atoms with E-state index in [-0.39, 0.29) is 24.1 Å². The molecule has 0 spiro atoms. The second kappa shape index (κ2) is 6.71. The second-order valence-corrected chi connectivity index (χ2v) is 6.42. The number of aromatic amines is 1. The minimum Gasteiger partial charge on any atom is -0.492 e. The van der Waals surface area contributed by atoms with Crippen molar-refractivity contribution in [3.05, 3.63) is 64.3 Å². The van der Waals surface area contributed by atoms with Crippen molar-refractivity contribution in [2.75, 3.05) is 6.61 Å². The minimum atomic E-state index is -0.206. The van der Waals surface area contributed by atoms with Gasteiger partial charge in [0.05, 0.1) is 24.9 Å². The summed E-state index contributed by atoms with van der Waals surface area (Å²) in [6.07, 6.45) is 3.38. The standard InChI is InChI=1S/C20H20N2O4/c1-2-25-16-6-3-5-13-11-14(19(23)21-18(13)16)12-22(15-8-9-15)20(24)17-7-4-10-26-17/h3-7,10-11,15H,2,8-9,12H2,1H3,(H,21,23). The lowest BCUT2D eigenvalue weighted by Gasteiger charge is -2.21. The zero-order valence-corrected chi connectivity index (χ0v) is 14.5. The summed E-state index contributed by atoms with van der Waals surface area (Å²) in [5, 5.41) is 0.881. The van der Waals surface area contributed by atoms with Gasteiger partial charge in [0.2, 0.25) is 0 Å². The maximum atomic E-state index is 12.7. The Morgan fingerprint density at radius 3 is 2.85 bits per heavy atom. The molecular weight excluding hydrogens is 332 g/mol. The number of fused-ring (bicyclic) bond motifs is 1. The van der Waals surface area contributed by atoms with E-state index in [0.29, 0.717) is 29.2 Å². The average Bonchev–Trinajstić information content (AvgIpc) is 3.33. The van der Waals surface area contributed by atoms with Crippen molar-refractivity contribution < 1.29 is 13.9 Å². The Kier molecular flexibility index (Phi) is 4.24. The second-order valence-electron chi connectivity index (χ2n) is 6.42. The van der Waals surface area contributed by atoms with Crippen molar-refractivity contribution in [2.24, 2.45) is 0 Å². The number of furan rings is 1. The number of aromatic nitrogens is 1. The van der Waals surface area contributed by atoms with Crippen molar-refractivity contribution >= 4 is 16.8 Å². The van der Waals surface area contributed by atoms with Crippen LogP contribution in [0.15, 0.2) is 51.9 Å². The first-order valence-electron chi connectivity index (χ1n) is 8.79. The predicted molar refractivity (Wildman–Crippen MR) is 97.3 cm³/mol. The number of benzene rings is 1. The largest absolute Gasteiger partial charge is 0.492 e. The molecule has 134 valence electrons. The van der Waals surface area contributed by atoms with Crippen LogP contribution in [0.3, 0.4) is 0 Å². The number of carbonyl (C=O) groups excluding carboxylic acids is 1. The number of para-hydroxylation sites is 1. The van der Waals surface area contributed by atoms with Crippen LogP contribution in [-0.4, -0.2) is 28.4 Å². The molecule has 1 aliphatic rings. The van der Waals surface area contributed by atoms with Crippen molar-refractivity contribution in [3.63, 3.8) is 0 Å². The summed E-state index contributed by atoms with van der Waals surface area (Å²) >= 11 is 0. The average molecular weight is 352 g/mol. The predicted octanol–water partition coefficient (Wildman–Crippen LogP) is 3.32. The van der Waals surface area contributed by atoms with Crippen LogP contribution < -0.4 is 10.3 Å². The molecule has 1 amide bonds. The van der Waals surface area contributed by atoms with Crippen LogP contribution in [0.1, 0.15) is 35.9 Å². The third kappa shape index (κ3) is 3.10. The molecule has 2 heterocycles. The summed E-state index contributed by atoms with van der Waals surface area (Å²) in [7, 11) is 0. The van der Waals surface area contributed by atoms with Crippen LogP contribution >= 0.6 is 0 Å². The Hall–Kier alpha value is -3.02. The van der Waals surface area contributed by atoms with Gasteiger partial charge < -0.3 is 19.0 Å². The lowest BCUT2D eigenvalue weighted by molar-refractivity contribution is 0.0697. The van der Waals surface area contributed by atoms with Crippen molar-refractivity contribution in [1.29, 1.82) is 0 Å². The Labute approximate surface area is 150 Å². The van der Waals surface area contributed by atoms with E-state index in [2.05, 4.69) is 4.98 Å². The van der Waals surface area contributed by atoms with Gasteiger partial charge in [-0.15, -0.1) is 0 Å². The van der Waals surface area contributed by atoms with Crippen molar-refractivity contribution in [2.45, 2.75) is 32.4 Å². The van der Waals surface area contributed by atoms with Crippen LogP contribution in [0.25, 0.3) is 10.9 Å². The van der Waals surface area contributed by atoms with Gasteiger partial charge in [-0.1, -0.05) is 12.1 Å². The number of H-pyrrole nitrogens is 1. The molecule has 1 aromatic carbocycles. The fraction of sp³-hybridized carbons (Fsp3) is 0.300. The summed E-state index contributed by atoms with van der Waals surface area (Å²) in [6, 6.07) is 11.0. The molecule has 1 fully saturated rings. The molecule has 3 aromatic rings. The van der Waals surface area contributed by atoms with Crippen molar-refractivity contribution in [3.8, 4) is 5.75 Å². The van der Waals surface area contributed by atoms with Crippen LogP contribution in [0.5, 0.6) is 5.75 Å². The highest BCUT2D eigenvalue weighted by Crippen LogP contribution is 2.30. The first-order valence-corrected chi connectivity index (χ1v) is 8.79. The van der Waals surface area contributed by atoms with Crippen LogP contribution in [-0.2, 0) is 6.54 Å². The lowest BCUT2D eigenvalue weighted by Crippen LogP contribution is -2.34. The van der Waals surface area contributed by atoms with Gasteiger partial charge in [-0.2, -0.15) is 0 Å². The molecule has 1 aliphatic carbocycles. The quantitative estimate of drug-likeness (QED) is 0.738. The number of rotatable bonds is 6. The smallest absolute Gasteiger partial charge is 0.290 e. The maximum Gasteiger partial charge on any atom is 0.290 e. The van der Waals surface area contributed by atoms with Crippen LogP contribution in [0, 0.1) is 0 Å². The summed E-state index contributed by atoms with van der Waals surface area (Å²) < 4.78 is 10.8.